The monoisotopic (exact) mass is 251 g/mol. The molecule has 1 aromatic carbocycles. The molecule has 1 aliphatic carbocycles. The molecular weight excluding hydrogens is 236 g/mol. The van der Waals surface area contributed by atoms with Crippen LogP contribution in [0.5, 0.6) is 0 Å². The van der Waals surface area contributed by atoms with Crippen molar-refractivity contribution in [3.05, 3.63) is 47.0 Å². The Kier molecular flexibility index (Phi) is 4.45. The third-order valence-corrected chi connectivity index (χ3v) is 2.89. The van der Waals surface area contributed by atoms with Crippen LogP contribution in [0.4, 0.5) is 8.78 Å². The number of hydrogen-bond acceptors (Lipinski definition) is 2. The molecule has 1 aliphatic rings. The molecule has 0 saturated heterocycles. The van der Waals surface area contributed by atoms with Gasteiger partial charge in [0.25, 0.3) is 0 Å². The minimum Gasteiger partial charge on any atom is -0.391 e. The molecule has 2 rings (SSSR count). The summed E-state index contributed by atoms with van der Waals surface area (Å²) in [6.07, 6.45) is 8.14. The SMILES string of the molecule is Fc1cccc(F)c1CON=CC1=CCCCC1. The second-order valence-electron chi connectivity index (χ2n) is 4.23. The molecule has 0 N–H and O–H groups in total. The lowest BCUT2D eigenvalue weighted by atomic mass is 10.0. The summed E-state index contributed by atoms with van der Waals surface area (Å²) in [7, 11) is 0. The van der Waals surface area contributed by atoms with Gasteiger partial charge in [-0.25, -0.2) is 8.78 Å². The minimum atomic E-state index is -0.609. The lowest BCUT2D eigenvalue weighted by molar-refractivity contribution is 0.126. The summed E-state index contributed by atoms with van der Waals surface area (Å²) in [5.74, 6) is -1.22. The van der Waals surface area contributed by atoms with E-state index in [1.807, 2.05) is 0 Å². The highest BCUT2D eigenvalue weighted by atomic mass is 19.1. The van der Waals surface area contributed by atoms with Crippen LogP contribution in [0.1, 0.15) is 31.2 Å². The van der Waals surface area contributed by atoms with Crippen LogP contribution in [0.2, 0.25) is 0 Å². The molecule has 18 heavy (non-hydrogen) atoms. The molecule has 0 heterocycles. The van der Waals surface area contributed by atoms with E-state index in [9.17, 15) is 8.78 Å². The molecule has 0 atom stereocenters. The van der Waals surface area contributed by atoms with Crippen LogP contribution < -0.4 is 0 Å². The van der Waals surface area contributed by atoms with Crippen LogP contribution in [-0.2, 0) is 11.4 Å². The highest BCUT2D eigenvalue weighted by Crippen LogP contribution is 2.16. The molecule has 0 fully saturated rings. The molecule has 0 saturated carbocycles. The Labute approximate surface area is 105 Å². The molecule has 0 aliphatic heterocycles. The van der Waals surface area contributed by atoms with Gasteiger partial charge in [0.05, 0.1) is 11.8 Å². The Hall–Kier alpha value is -1.71. The van der Waals surface area contributed by atoms with E-state index in [2.05, 4.69) is 11.2 Å². The lowest BCUT2D eigenvalue weighted by Crippen LogP contribution is -1.98. The molecule has 96 valence electrons. The Morgan fingerprint density at radius 2 is 2.00 bits per heavy atom. The van der Waals surface area contributed by atoms with Crippen molar-refractivity contribution in [2.75, 3.05) is 0 Å². The molecule has 0 radical (unpaired) electrons. The third-order valence-electron chi connectivity index (χ3n) is 2.89. The van der Waals surface area contributed by atoms with Crippen molar-refractivity contribution < 1.29 is 13.6 Å². The molecule has 0 spiro atoms. The summed E-state index contributed by atoms with van der Waals surface area (Å²) in [5, 5.41) is 3.75. The maximum absolute atomic E-state index is 13.2. The van der Waals surface area contributed by atoms with Crippen molar-refractivity contribution in [1.82, 2.24) is 0 Å². The molecule has 0 unspecified atom stereocenters. The highest BCUT2D eigenvalue weighted by Gasteiger charge is 2.08. The summed E-state index contributed by atoms with van der Waals surface area (Å²) in [6.45, 7) is -0.192. The number of allylic oxidation sites excluding steroid dienone is 2. The zero-order valence-electron chi connectivity index (χ0n) is 10.0. The number of hydrogen-bond donors (Lipinski definition) is 0. The largest absolute Gasteiger partial charge is 0.391 e. The molecule has 0 aromatic heterocycles. The zero-order valence-corrected chi connectivity index (χ0v) is 10.0. The third kappa shape index (κ3) is 3.39. The van der Waals surface area contributed by atoms with Crippen LogP contribution in [0.3, 0.4) is 0 Å². The minimum absolute atomic E-state index is 0.0905. The van der Waals surface area contributed by atoms with E-state index in [4.69, 9.17) is 4.84 Å². The molecule has 2 nitrogen and oxygen atoms in total. The van der Waals surface area contributed by atoms with Gasteiger partial charge >= 0.3 is 0 Å². The van der Waals surface area contributed by atoms with Gasteiger partial charge in [-0.05, 0) is 43.4 Å². The first-order valence-corrected chi connectivity index (χ1v) is 6.04. The molecule has 0 amide bonds. The predicted molar refractivity (Wildman–Crippen MR) is 66.2 cm³/mol. The van der Waals surface area contributed by atoms with Gasteiger partial charge in [0.1, 0.15) is 18.2 Å². The van der Waals surface area contributed by atoms with Crippen molar-refractivity contribution in [3.63, 3.8) is 0 Å². The summed E-state index contributed by atoms with van der Waals surface area (Å²) in [4.78, 5) is 4.93. The van der Waals surface area contributed by atoms with Gasteiger partial charge in [-0.1, -0.05) is 17.3 Å². The summed E-state index contributed by atoms with van der Waals surface area (Å²) < 4.78 is 26.5. The molecule has 1 aromatic rings. The Morgan fingerprint density at radius 1 is 1.22 bits per heavy atom. The van der Waals surface area contributed by atoms with E-state index in [1.54, 1.807) is 6.21 Å². The van der Waals surface area contributed by atoms with Crippen molar-refractivity contribution in [2.24, 2.45) is 5.16 Å². The first-order chi connectivity index (χ1) is 8.77. The van der Waals surface area contributed by atoms with Gasteiger partial charge in [-0.2, -0.15) is 0 Å². The van der Waals surface area contributed by atoms with Crippen LogP contribution in [0.15, 0.2) is 35.0 Å². The summed E-state index contributed by atoms with van der Waals surface area (Å²) >= 11 is 0. The average Bonchev–Trinajstić information content (AvgIpc) is 2.38. The Bertz CT molecular complexity index is 449. The summed E-state index contributed by atoms with van der Waals surface area (Å²) in [6, 6.07) is 3.73. The molecule has 4 heteroatoms. The second kappa shape index (κ2) is 6.28. The maximum atomic E-state index is 13.2. The predicted octanol–water partition coefficient (Wildman–Crippen LogP) is 3.97. The van der Waals surface area contributed by atoms with Crippen molar-refractivity contribution in [1.29, 1.82) is 0 Å². The van der Waals surface area contributed by atoms with Gasteiger partial charge in [-0.15, -0.1) is 0 Å². The standard InChI is InChI=1S/C14H15F2NO/c15-13-7-4-8-14(16)12(13)10-18-17-9-11-5-2-1-3-6-11/h4-5,7-9H,1-3,6,10H2. The van der Waals surface area contributed by atoms with Gasteiger partial charge in [0.15, 0.2) is 0 Å². The van der Waals surface area contributed by atoms with Crippen molar-refractivity contribution in [2.45, 2.75) is 32.3 Å². The second-order valence-corrected chi connectivity index (χ2v) is 4.23. The van der Waals surface area contributed by atoms with Crippen LogP contribution >= 0.6 is 0 Å². The fourth-order valence-electron chi connectivity index (χ4n) is 1.86. The zero-order chi connectivity index (χ0) is 12.8. The number of rotatable bonds is 4. The smallest absolute Gasteiger partial charge is 0.147 e. The van der Waals surface area contributed by atoms with E-state index >= 15 is 0 Å². The van der Waals surface area contributed by atoms with Crippen molar-refractivity contribution in [3.8, 4) is 0 Å². The van der Waals surface area contributed by atoms with E-state index in [0.717, 1.165) is 24.8 Å². The van der Waals surface area contributed by atoms with Crippen LogP contribution in [-0.4, -0.2) is 6.21 Å². The Balaban J connectivity index is 1.88. The normalized spacial score (nSPS) is 15.8. The van der Waals surface area contributed by atoms with Gasteiger partial charge in [0.2, 0.25) is 0 Å². The molecular formula is C14H15F2NO. The number of benzene rings is 1. The van der Waals surface area contributed by atoms with E-state index in [0.29, 0.717) is 0 Å². The number of halogens is 2. The van der Waals surface area contributed by atoms with Crippen LogP contribution in [0.25, 0.3) is 0 Å². The Morgan fingerprint density at radius 3 is 2.67 bits per heavy atom. The van der Waals surface area contributed by atoms with Gasteiger partial charge < -0.3 is 4.84 Å². The van der Waals surface area contributed by atoms with E-state index < -0.39 is 11.6 Å². The average molecular weight is 251 g/mol. The fraction of sp³-hybridized carbons (Fsp3) is 0.357. The van der Waals surface area contributed by atoms with Crippen LogP contribution in [0, 0.1) is 11.6 Å². The quantitative estimate of drug-likeness (QED) is 0.586. The summed E-state index contributed by atoms with van der Waals surface area (Å²) in [5.41, 5.74) is 1.03. The first-order valence-electron chi connectivity index (χ1n) is 6.04. The van der Waals surface area contributed by atoms with E-state index in [-0.39, 0.29) is 12.2 Å². The maximum Gasteiger partial charge on any atom is 0.147 e. The van der Waals surface area contributed by atoms with Crippen molar-refractivity contribution >= 4 is 6.21 Å². The highest BCUT2D eigenvalue weighted by molar-refractivity contribution is 5.78. The van der Waals surface area contributed by atoms with Gasteiger partial charge in [0, 0.05) is 0 Å². The first kappa shape index (κ1) is 12.7. The fourth-order valence-corrected chi connectivity index (χ4v) is 1.86. The molecule has 0 bridgehead atoms. The number of nitrogens with zero attached hydrogens (tertiary/aromatic N) is 1. The van der Waals surface area contributed by atoms with Gasteiger partial charge in [-0.3, -0.25) is 0 Å². The van der Waals surface area contributed by atoms with E-state index in [1.165, 1.54) is 24.6 Å². The topological polar surface area (TPSA) is 21.6 Å². The lowest BCUT2D eigenvalue weighted by Gasteiger charge is -2.07. The number of oxime groups is 1.